The Bertz CT molecular complexity index is 752. The molecule has 0 bridgehead atoms. The minimum Gasteiger partial charge on any atom is -0.486 e. The number of benzene rings is 1. The maximum Gasteiger partial charge on any atom is 0.263 e. The van der Waals surface area contributed by atoms with E-state index in [1.54, 1.807) is 0 Å². The van der Waals surface area contributed by atoms with Crippen LogP contribution < -0.4 is 10.1 Å². The monoisotopic (exact) mass is 402 g/mol. The second-order valence-corrected chi connectivity index (χ2v) is 8.45. The quantitative estimate of drug-likeness (QED) is 0.612. The van der Waals surface area contributed by atoms with Gasteiger partial charge in [-0.15, -0.1) is 11.3 Å². The van der Waals surface area contributed by atoms with Crippen molar-refractivity contribution in [3.63, 3.8) is 0 Å². The van der Waals surface area contributed by atoms with Crippen LogP contribution in [-0.2, 0) is 11.3 Å². The van der Waals surface area contributed by atoms with Gasteiger partial charge in [0, 0.05) is 13.2 Å². The van der Waals surface area contributed by atoms with Gasteiger partial charge in [0.05, 0.1) is 11.8 Å². The molecule has 5 nitrogen and oxygen atoms in total. The molecular weight excluding hydrogens is 372 g/mol. The predicted molar refractivity (Wildman–Crippen MR) is 112 cm³/mol. The summed E-state index contributed by atoms with van der Waals surface area (Å²) >= 11 is 1.40. The Morgan fingerprint density at radius 3 is 2.68 bits per heavy atom. The van der Waals surface area contributed by atoms with E-state index in [2.05, 4.69) is 10.3 Å². The van der Waals surface area contributed by atoms with Crippen LogP contribution in [0.1, 0.15) is 64.5 Å². The molecule has 1 aliphatic rings. The van der Waals surface area contributed by atoms with E-state index in [9.17, 15) is 4.79 Å². The SMILES string of the molecule is Cc1ccc(OCc2nc(C)c(C(=O)NCCCOC3CCCCC3)s2)cc1. The summed E-state index contributed by atoms with van der Waals surface area (Å²) in [5.41, 5.74) is 1.95. The molecular formula is C22H30N2O3S. The molecule has 1 N–H and O–H groups in total. The molecule has 1 saturated carbocycles. The van der Waals surface area contributed by atoms with Crippen molar-refractivity contribution in [3.05, 3.63) is 45.4 Å². The van der Waals surface area contributed by atoms with E-state index in [1.807, 2.05) is 38.1 Å². The number of carbonyl (C=O) groups is 1. The molecule has 28 heavy (non-hydrogen) atoms. The van der Waals surface area contributed by atoms with Gasteiger partial charge in [0.15, 0.2) is 0 Å². The van der Waals surface area contributed by atoms with E-state index >= 15 is 0 Å². The fourth-order valence-electron chi connectivity index (χ4n) is 3.34. The molecule has 6 heteroatoms. The lowest BCUT2D eigenvalue weighted by Gasteiger charge is -2.21. The van der Waals surface area contributed by atoms with Crippen molar-refractivity contribution in [2.75, 3.05) is 13.2 Å². The summed E-state index contributed by atoms with van der Waals surface area (Å²) in [6, 6.07) is 7.91. The van der Waals surface area contributed by atoms with Crippen molar-refractivity contribution in [3.8, 4) is 5.75 Å². The van der Waals surface area contributed by atoms with Gasteiger partial charge in [0.1, 0.15) is 22.2 Å². The first kappa shape index (κ1) is 20.8. The molecule has 0 spiro atoms. The Hall–Kier alpha value is -1.92. The maximum absolute atomic E-state index is 12.4. The first-order valence-electron chi connectivity index (χ1n) is 10.2. The first-order valence-corrected chi connectivity index (χ1v) is 11.0. The Balaban J connectivity index is 1.39. The van der Waals surface area contributed by atoms with E-state index in [0.717, 1.165) is 22.9 Å². The van der Waals surface area contributed by atoms with Crippen LogP contribution in [0.5, 0.6) is 5.75 Å². The lowest BCUT2D eigenvalue weighted by molar-refractivity contribution is 0.0273. The fourth-order valence-corrected chi connectivity index (χ4v) is 4.23. The molecule has 0 unspecified atom stereocenters. The summed E-state index contributed by atoms with van der Waals surface area (Å²) in [5, 5.41) is 3.79. The van der Waals surface area contributed by atoms with Gasteiger partial charge in [0.2, 0.25) is 0 Å². The van der Waals surface area contributed by atoms with Crippen molar-refractivity contribution < 1.29 is 14.3 Å². The largest absolute Gasteiger partial charge is 0.486 e. The summed E-state index contributed by atoms with van der Waals surface area (Å²) in [7, 11) is 0. The van der Waals surface area contributed by atoms with Crippen LogP contribution in [0.4, 0.5) is 0 Å². The standard InChI is InChI=1S/C22H30N2O3S/c1-16-9-11-19(12-10-16)27-15-20-24-17(2)21(28-20)22(25)23-13-6-14-26-18-7-4-3-5-8-18/h9-12,18H,3-8,13-15H2,1-2H3,(H,23,25). The molecule has 0 atom stereocenters. The zero-order chi connectivity index (χ0) is 19.8. The molecule has 0 saturated heterocycles. The lowest BCUT2D eigenvalue weighted by atomic mass is 9.98. The van der Waals surface area contributed by atoms with E-state index in [-0.39, 0.29) is 5.91 Å². The zero-order valence-electron chi connectivity index (χ0n) is 16.8. The molecule has 1 fully saturated rings. The van der Waals surface area contributed by atoms with Crippen molar-refractivity contribution >= 4 is 17.2 Å². The second kappa shape index (κ2) is 10.6. The van der Waals surface area contributed by atoms with Gasteiger partial charge in [-0.2, -0.15) is 0 Å². The molecule has 3 rings (SSSR count). The molecule has 1 aromatic heterocycles. The van der Waals surface area contributed by atoms with Crippen LogP contribution in [0, 0.1) is 13.8 Å². The predicted octanol–water partition coefficient (Wildman–Crippen LogP) is 4.81. The minimum atomic E-state index is -0.0609. The minimum absolute atomic E-state index is 0.0609. The number of rotatable bonds is 9. The third-order valence-corrected chi connectivity index (χ3v) is 6.07. The Labute approximate surface area is 171 Å². The smallest absolute Gasteiger partial charge is 0.263 e. The number of hydrogen-bond donors (Lipinski definition) is 1. The molecule has 0 radical (unpaired) electrons. The van der Waals surface area contributed by atoms with Crippen LogP contribution >= 0.6 is 11.3 Å². The zero-order valence-corrected chi connectivity index (χ0v) is 17.6. The first-order chi connectivity index (χ1) is 13.6. The van der Waals surface area contributed by atoms with Crippen LogP contribution in [0.2, 0.25) is 0 Å². The topological polar surface area (TPSA) is 60.5 Å². The highest BCUT2D eigenvalue weighted by atomic mass is 32.1. The van der Waals surface area contributed by atoms with Gasteiger partial charge in [-0.1, -0.05) is 37.0 Å². The van der Waals surface area contributed by atoms with Gasteiger partial charge in [-0.3, -0.25) is 4.79 Å². The average Bonchev–Trinajstić information content (AvgIpc) is 3.09. The summed E-state index contributed by atoms with van der Waals surface area (Å²) < 4.78 is 11.7. The van der Waals surface area contributed by atoms with E-state index in [1.165, 1.54) is 49.0 Å². The van der Waals surface area contributed by atoms with Crippen LogP contribution in [0.25, 0.3) is 0 Å². The van der Waals surface area contributed by atoms with Gasteiger partial charge in [0.25, 0.3) is 5.91 Å². The molecule has 1 amide bonds. The summed E-state index contributed by atoms with van der Waals surface area (Å²) in [6.45, 7) is 5.62. The Kier molecular flexibility index (Phi) is 7.86. The van der Waals surface area contributed by atoms with E-state index in [0.29, 0.717) is 30.7 Å². The number of thiazole rings is 1. The average molecular weight is 403 g/mol. The lowest BCUT2D eigenvalue weighted by Crippen LogP contribution is -2.26. The highest BCUT2D eigenvalue weighted by molar-refractivity contribution is 7.13. The fraction of sp³-hybridized carbons (Fsp3) is 0.545. The van der Waals surface area contributed by atoms with Crippen LogP contribution in [0.15, 0.2) is 24.3 Å². The second-order valence-electron chi connectivity index (χ2n) is 7.36. The van der Waals surface area contributed by atoms with E-state index in [4.69, 9.17) is 9.47 Å². The number of aromatic nitrogens is 1. The van der Waals surface area contributed by atoms with Crippen LogP contribution in [0.3, 0.4) is 0 Å². The molecule has 152 valence electrons. The highest BCUT2D eigenvalue weighted by Gasteiger charge is 2.16. The van der Waals surface area contributed by atoms with Gasteiger partial charge < -0.3 is 14.8 Å². The number of aryl methyl sites for hydroxylation is 2. The van der Waals surface area contributed by atoms with E-state index < -0.39 is 0 Å². The number of nitrogens with one attached hydrogen (secondary N) is 1. The number of amides is 1. The number of carbonyl (C=O) groups excluding carboxylic acids is 1. The maximum atomic E-state index is 12.4. The highest BCUT2D eigenvalue weighted by Crippen LogP contribution is 2.21. The summed E-state index contributed by atoms with van der Waals surface area (Å²) in [5.74, 6) is 0.747. The molecule has 1 aromatic carbocycles. The Morgan fingerprint density at radius 1 is 1.18 bits per heavy atom. The third kappa shape index (κ3) is 6.31. The van der Waals surface area contributed by atoms with Gasteiger partial charge >= 0.3 is 0 Å². The van der Waals surface area contributed by atoms with Crippen molar-refractivity contribution in [1.82, 2.24) is 10.3 Å². The van der Waals surface area contributed by atoms with Gasteiger partial charge in [-0.25, -0.2) is 4.98 Å². The Morgan fingerprint density at radius 2 is 1.93 bits per heavy atom. The van der Waals surface area contributed by atoms with Crippen molar-refractivity contribution in [2.45, 2.75) is 65.1 Å². The molecule has 1 heterocycles. The number of nitrogens with zero attached hydrogens (tertiary/aromatic N) is 1. The summed E-state index contributed by atoms with van der Waals surface area (Å²) in [6.07, 6.45) is 7.51. The molecule has 1 aliphatic carbocycles. The third-order valence-electron chi connectivity index (χ3n) is 4.94. The van der Waals surface area contributed by atoms with Gasteiger partial charge in [-0.05, 0) is 45.2 Å². The van der Waals surface area contributed by atoms with Crippen molar-refractivity contribution in [1.29, 1.82) is 0 Å². The molecule has 2 aromatic rings. The number of ether oxygens (including phenoxy) is 2. The van der Waals surface area contributed by atoms with Crippen LogP contribution in [-0.4, -0.2) is 30.1 Å². The summed E-state index contributed by atoms with van der Waals surface area (Å²) in [4.78, 5) is 17.6. The normalized spacial score (nSPS) is 14.8. The van der Waals surface area contributed by atoms with Crippen molar-refractivity contribution in [2.24, 2.45) is 0 Å². The molecule has 0 aliphatic heterocycles. The number of hydrogen-bond acceptors (Lipinski definition) is 5.